The Morgan fingerprint density at radius 1 is 1.38 bits per heavy atom. The number of carbonyl (C=O) groups is 1. The van der Waals surface area contributed by atoms with Crippen molar-refractivity contribution in [2.24, 2.45) is 0 Å². The van der Waals surface area contributed by atoms with Crippen LogP contribution in [0.1, 0.15) is 5.56 Å². The van der Waals surface area contributed by atoms with Crippen LogP contribution in [0, 0.1) is 15.9 Å². The van der Waals surface area contributed by atoms with Crippen LogP contribution in [0.15, 0.2) is 35.1 Å². The molecule has 0 saturated heterocycles. The van der Waals surface area contributed by atoms with Gasteiger partial charge in [0.05, 0.1) is 23.1 Å². The molecule has 0 aliphatic heterocycles. The quantitative estimate of drug-likeness (QED) is 0.404. The van der Waals surface area contributed by atoms with E-state index in [0.29, 0.717) is 4.47 Å². The summed E-state index contributed by atoms with van der Waals surface area (Å²) < 4.78 is 21.7. The highest BCUT2D eigenvalue weighted by atomic mass is 79.9. The Labute approximate surface area is 176 Å². The van der Waals surface area contributed by atoms with Crippen LogP contribution in [-0.2, 0) is 17.9 Å². The SMILES string of the molecule is COc1nn(CC(=O)Nc2nn(Cc3c(F)cccc3Cl)cc2Br)cc1[N+](=O)[O-]. The molecule has 152 valence electrons. The number of amides is 1. The predicted octanol–water partition coefficient (Wildman–Crippen LogP) is 3.24. The smallest absolute Gasteiger partial charge is 0.350 e. The summed E-state index contributed by atoms with van der Waals surface area (Å²) in [5, 5.41) is 21.8. The number of benzene rings is 1. The number of rotatable bonds is 7. The zero-order valence-corrected chi connectivity index (χ0v) is 17.1. The van der Waals surface area contributed by atoms with Gasteiger partial charge in [-0.3, -0.25) is 24.3 Å². The number of carbonyl (C=O) groups excluding carboxylic acids is 1. The number of nitrogens with one attached hydrogen (secondary N) is 1. The van der Waals surface area contributed by atoms with Crippen molar-refractivity contribution in [2.45, 2.75) is 13.1 Å². The average Bonchev–Trinajstić information content (AvgIpc) is 3.21. The summed E-state index contributed by atoms with van der Waals surface area (Å²) in [6, 6.07) is 4.36. The molecule has 0 radical (unpaired) electrons. The van der Waals surface area contributed by atoms with Crippen LogP contribution in [0.3, 0.4) is 0 Å². The Morgan fingerprint density at radius 3 is 2.76 bits per heavy atom. The van der Waals surface area contributed by atoms with Crippen LogP contribution in [0.2, 0.25) is 5.02 Å². The summed E-state index contributed by atoms with van der Waals surface area (Å²) in [5.41, 5.74) is -0.0921. The zero-order valence-electron chi connectivity index (χ0n) is 14.8. The molecule has 0 aliphatic rings. The Kier molecular flexibility index (Phi) is 6.13. The number of aromatic nitrogens is 4. The normalized spacial score (nSPS) is 10.8. The van der Waals surface area contributed by atoms with Gasteiger partial charge in [0.2, 0.25) is 5.91 Å². The van der Waals surface area contributed by atoms with E-state index < -0.39 is 16.6 Å². The molecular formula is C16H13BrClFN6O4. The van der Waals surface area contributed by atoms with Gasteiger partial charge in [0.25, 0.3) is 0 Å². The van der Waals surface area contributed by atoms with Crippen LogP contribution < -0.4 is 10.1 Å². The van der Waals surface area contributed by atoms with Crippen LogP contribution in [0.25, 0.3) is 0 Å². The molecule has 1 aromatic carbocycles. The minimum atomic E-state index is -0.660. The Morgan fingerprint density at radius 2 is 2.14 bits per heavy atom. The maximum absolute atomic E-state index is 13.9. The molecule has 0 unspecified atom stereocenters. The Bertz CT molecular complexity index is 1070. The number of hydrogen-bond donors (Lipinski definition) is 1. The van der Waals surface area contributed by atoms with Gasteiger partial charge in [-0.1, -0.05) is 17.7 Å². The van der Waals surface area contributed by atoms with Gasteiger partial charge in [-0.05, 0) is 28.1 Å². The molecule has 13 heteroatoms. The third-order valence-corrected chi connectivity index (χ3v) is 4.70. The van der Waals surface area contributed by atoms with Crippen molar-refractivity contribution < 1.29 is 18.8 Å². The van der Waals surface area contributed by atoms with Gasteiger partial charge in [0.1, 0.15) is 18.6 Å². The van der Waals surface area contributed by atoms with Crippen molar-refractivity contribution in [1.82, 2.24) is 19.6 Å². The number of nitrogens with zero attached hydrogens (tertiary/aromatic N) is 5. The number of halogens is 3. The molecule has 1 amide bonds. The molecule has 0 bridgehead atoms. The molecule has 0 saturated carbocycles. The summed E-state index contributed by atoms with van der Waals surface area (Å²) in [7, 11) is 1.24. The second-order valence-corrected chi connectivity index (χ2v) is 7.01. The molecular weight excluding hydrogens is 475 g/mol. The van der Waals surface area contributed by atoms with Crippen molar-refractivity contribution in [3.63, 3.8) is 0 Å². The van der Waals surface area contributed by atoms with Crippen molar-refractivity contribution >= 4 is 44.9 Å². The van der Waals surface area contributed by atoms with E-state index >= 15 is 0 Å². The van der Waals surface area contributed by atoms with Crippen LogP contribution in [0.4, 0.5) is 15.9 Å². The highest BCUT2D eigenvalue weighted by Gasteiger charge is 2.21. The topological polar surface area (TPSA) is 117 Å². The van der Waals surface area contributed by atoms with Gasteiger partial charge in [-0.25, -0.2) is 4.39 Å². The van der Waals surface area contributed by atoms with E-state index in [1.54, 1.807) is 12.3 Å². The number of ether oxygens (including phenoxy) is 1. The van der Waals surface area contributed by atoms with E-state index in [1.165, 1.54) is 23.9 Å². The van der Waals surface area contributed by atoms with Crippen LogP contribution in [-0.4, -0.2) is 37.5 Å². The number of anilines is 1. The van der Waals surface area contributed by atoms with Gasteiger partial charge in [0, 0.05) is 16.8 Å². The fourth-order valence-corrected chi connectivity index (χ4v) is 3.11. The lowest BCUT2D eigenvalue weighted by Crippen LogP contribution is -2.19. The molecule has 0 spiro atoms. The average molecular weight is 488 g/mol. The highest BCUT2D eigenvalue weighted by Crippen LogP contribution is 2.25. The highest BCUT2D eigenvalue weighted by molar-refractivity contribution is 9.10. The summed E-state index contributed by atoms with van der Waals surface area (Å²) in [6.45, 7) is -0.245. The molecule has 0 aliphatic carbocycles. The molecule has 1 N–H and O–H groups in total. The lowest BCUT2D eigenvalue weighted by atomic mass is 10.2. The molecule has 2 aromatic heterocycles. The van der Waals surface area contributed by atoms with E-state index in [0.717, 1.165) is 10.9 Å². The van der Waals surface area contributed by atoms with Gasteiger partial charge >= 0.3 is 11.6 Å². The third-order valence-electron chi connectivity index (χ3n) is 3.76. The predicted molar refractivity (Wildman–Crippen MR) is 105 cm³/mol. The lowest BCUT2D eigenvalue weighted by molar-refractivity contribution is -0.385. The van der Waals surface area contributed by atoms with Crippen LogP contribution in [0.5, 0.6) is 5.88 Å². The molecule has 10 nitrogen and oxygen atoms in total. The standard InChI is InChI=1S/C16H13BrClFN6O4/c1-29-16-13(25(27)28)7-24(22-16)8-14(26)20-15-10(17)6-23(21-15)5-9-11(18)3-2-4-12(9)19/h2-4,6-7H,5,8H2,1H3,(H,20,21,26). The van der Waals surface area contributed by atoms with Crippen molar-refractivity contribution in [3.05, 3.63) is 61.6 Å². The van der Waals surface area contributed by atoms with Gasteiger partial charge in [-0.2, -0.15) is 5.10 Å². The summed E-state index contributed by atoms with van der Waals surface area (Å²) >= 11 is 9.29. The first-order valence-corrected chi connectivity index (χ1v) is 9.17. The first kappa shape index (κ1) is 20.7. The van der Waals surface area contributed by atoms with E-state index in [2.05, 4.69) is 31.4 Å². The first-order chi connectivity index (χ1) is 13.8. The lowest BCUT2D eigenvalue weighted by Gasteiger charge is -2.06. The fourth-order valence-electron chi connectivity index (χ4n) is 2.47. The van der Waals surface area contributed by atoms with Crippen molar-refractivity contribution in [3.8, 4) is 5.88 Å². The van der Waals surface area contributed by atoms with E-state index in [1.807, 2.05) is 0 Å². The minimum Gasteiger partial charge on any atom is -0.475 e. The van der Waals surface area contributed by atoms with E-state index in [9.17, 15) is 19.3 Å². The second kappa shape index (κ2) is 8.57. The Hall–Kier alpha value is -2.99. The minimum absolute atomic E-state index is 0.0581. The van der Waals surface area contributed by atoms with Gasteiger partial charge < -0.3 is 10.1 Å². The fraction of sp³-hybridized carbons (Fsp3) is 0.188. The van der Waals surface area contributed by atoms with Crippen molar-refractivity contribution in [2.75, 3.05) is 12.4 Å². The number of methoxy groups -OCH3 is 1. The van der Waals surface area contributed by atoms with Gasteiger partial charge in [-0.15, -0.1) is 5.10 Å². The summed E-state index contributed by atoms with van der Waals surface area (Å²) in [5.74, 6) is -1.00. The maximum Gasteiger partial charge on any atom is 0.350 e. The van der Waals surface area contributed by atoms with Crippen molar-refractivity contribution in [1.29, 1.82) is 0 Å². The molecule has 0 fully saturated rings. The monoisotopic (exact) mass is 486 g/mol. The Balaban J connectivity index is 1.71. The summed E-state index contributed by atoms with van der Waals surface area (Å²) in [6.07, 6.45) is 2.65. The second-order valence-electron chi connectivity index (χ2n) is 5.75. The van der Waals surface area contributed by atoms with Crippen LogP contribution >= 0.6 is 27.5 Å². The third kappa shape index (κ3) is 4.71. The largest absolute Gasteiger partial charge is 0.475 e. The molecule has 0 atom stereocenters. The zero-order chi connectivity index (χ0) is 21.1. The number of nitro groups is 1. The molecule has 3 rings (SSSR count). The van der Waals surface area contributed by atoms with Gasteiger partial charge in [0.15, 0.2) is 5.82 Å². The maximum atomic E-state index is 13.9. The van der Waals surface area contributed by atoms with E-state index in [4.69, 9.17) is 16.3 Å². The molecule has 3 aromatic rings. The molecule has 29 heavy (non-hydrogen) atoms. The molecule has 2 heterocycles. The first-order valence-electron chi connectivity index (χ1n) is 8.00. The summed E-state index contributed by atoms with van der Waals surface area (Å²) in [4.78, 5) is 22.5. The van der Waals surface area contributed by atoms with E-state index in [-0.39, 0.29) is 41.1 Å². The number of hydrogen-bond acceptors (Lipinski definition) is 6.